The topological polar surface area (TPSA) is 24.5 Å². The highest BCUT2D eigenvalue weighted by molar-refractivity contribution is 4.94. The van der Waals surface area contributed by atoms with E-state index in [0.717, 1.165) is 32.4 Å². The van der Waals surface area contributed by atoms with Gasteiger partial charge in [0.2, 0.25) is 0 Å². The highest BCUT2D eigenvalue weighted by atomic mass is 19.4. The highest BCUT2D eigenvalue weighted by Crippen LogP contribution is 2.36. The van der Waals surface area contributed by atoms with Gasteiger partial charge < -0.3 is 10.1 Å². The molecule has 1 heterocycles. The van der Waals surface area contributed by atoms with Gasteiger partial charge in [0, 0.05) is 31.2 Å². The number of halogens is 3. The molecule has 1 N–H and O–H groups in total. The summed E-state index contributed by atoms with van der Waals surface area (Å²) in [6.45, 7) is 4.53. The molecule has 0 aromatic heterocycles. The van der Waals surface area contributed by atoms with Gasteiger partial charge in [0.05, 0.1) is 13.2 Å². The first kappa shape index (κ1) is 15.1. The minimum Gasteiger partial charge on any atom is -0.381 e. The number of hydrogen-bond acceptors (Lipinski definition) is 3. The van der Waals surface area contributed by atoms with Crippen LogP contribution in [0.4, 0.5) is 13.2 Å². The Balaban J connectivity index is 1.96. The molecule has 19 heavy (non-hydrogen) atoms. The lowest BCUT2D eigenvalue weighted by Crippen LogP contribution is -2.48. The summed E-state index contributed by atoms with van der Waals surface area (Å²) in [4.78, 5) is 1.62. The zero-order valence-electron chi connectivity index (χ0n) is 11.4. The summed E-state index contributed by atoms with van der Waals surface area (Å²) in [5, 5.41) is 3.27. The molecule has 1 aliphatic heterocycles. The molecule has 1 saturated heterocycles. The molecule has 1 unspecified atom stereocenters. The average molecular weight is 280 g/mol. The summed E-state index contributed by atoms with van der Waals surface area (Å²) in [6.07, 6.45) is -1.47. The lowest BCUT2D eigenvalue weighted by Gasteiger charge is -2.35. The molecule has 0 aromatic carbocycles. The normalized spacial score (nSPS) is 28.3. The average Bonchev–Trinajstić information content (AvgIpc) is 3.07. The van der Waals surface area contributed by atoms with Crippen molar-refractivity contribution >= 4 is 0 Å². The van der Waals surface area contributed by atoms with Crippen molar-refractivity contribution in [3.05, 3.63) is 0 Å². The molecule has 2 rings (SSSR count). The van der Waals surface area contributed by atoms with Gasteiger partial charge in [0.1, 0.15) is 0 Å². The second-order valence-electron chi connectivity index (χ2n) is 5.83. The molecule has 0 aromatic rings. The van der Waals surface area contributed by atoms with Crippen molar-refractivity contribution in [2.24, 2.45) is 5.41 Å². The van der Waals surface area contributed by atoms with Crippen LogP contribution in [0.5, 0.6) is 0 Å². The standard InChI is InChI=1S/C13H23F3N2O/c1-2-17-7-12(5-6-19-10-12)8-18(11-3-4-11)9-13(14,15)16/h11,17H,2-10H2,1H3. The van der Waals surface area contributed by atoms with E-state index >= 15 is 0 Å². The van der Waals surface area contributed by atoms with Gasteiger partial charge in [-0.25, -0.2) is 0 Å². The van der Waals surface area contributed by atoms with Gasteiger partial charge in [-0.05, 0) is 25.8 Å². The number of nitrogens with one attached hydrogen (secondary N) is 1. The Morgan fingerprint density at radius 1 is 1.37 bits per heavy atom. The van der Waals surface area contributed by atoms with Crippen molar-refractivity contribution in [3.63, 3.8) is 0 Å². The second-order valence-corrected chi connectivity index (χ2v) is 5.83. The maximum atomic E-state index is 12.7. The Labute approximate surface area is 112 Å². The van der Waals surface area contributed by atoms with Crippen LogP contribution in [-0.2, 0) is 4.74 Å². The van der Waals surface area contributed by atoms with Gasteiger partial charge in [0.15, 0.2) is 0 Å². The molecule has 0 radical (unpaired) electrons. The third-order valence-electron chi connectivity index (χ3n) is 3.92. The van der Waals surface area contributed by atoms with Crippen LogP contribution in [0.15, 0.2) is 0 Å². The molecule has 6 heteroatoms. The van der Waals surface area contributed by atoms with Gasteiger partial charge in [-0.15, -0.1) is 0 Å². The Kier molecular flexibility index (Phi) is 4.74. The fraction of sp³-hybridized carbons (Fsp3) is 1.00. The maximum absolute atomic E-state index is 12.7. The lowest BCUT2D eigenvalue weighted by molar-refractivity contribution is -0.150. The predicted octanol–water partition coefficient (Wildman–Crippen LogP) is 2.03. The molecule has 1 atom stereocenters. The molecule has 2 aliphatic rings. The summed E-state index contributed by atoms with van der Waals surface area (Å²) in [6, 6.07) is 0.126. The van der Waals surface area contributed by atoms with Crippen LogP contribution < -0.4 is 5.32 Å². The SMILES string of the molecule is CCNCC1(CN(CC(F)(F)F)C2CC2)CCOC1. The molecular weight excluding hydrogens is 257 g/mol. The van der Waals surface area contributed by atoms with Crippen molar-refractivity contribution in [3.8, 4) is 0 Å². The third kappa shape index (κ3) is 4.61. The number of nitrogens with zero attached hydrogens (tertiary/aromatic N) is 1. The predicted molar refractivity (Wildman–Crippen MR) is 67.1 cm³/mol. The molecular formula is C13H23F3N2O. The van der Waals surface area contributed by atoms with Crippen LogP contribution in [0.1, 0.15) is 26.2 Å². The van der Waals surface area contributed by atoms with Crippen LogP contribution in [0, 0.1) is 5.41 Å². The molecule has 0 spiro atoms. The van der Waals surface area contributed by atoms with Crippen molar-refractivity contribution in [1.82, 2.24) is 10.2 Å². The molecule has 0 bridgehead atoms. The lowest BCUT2D eigenvalue weighted by atomic mass is 9.86. The minimum absolute atomic E-state index is 0.126. The summed E-state index contributed by atoms with van der Waals surface area (Å²) in [5.74, 6) is 0. The largest absolute Gasteiger partial charge is 0.401 e. The van der Waals surface area contributed by atoms with E-state index in [1.54, 1.807) is 4.90 Å². The molecule has 1 aliphatic carbocycles. The van der Waals surface area contributed by atoms with Gasteiger partial charge in [0.25, 0.3) is 0 Å². The van der Waals surface area contributed by atoms with Crippen molar-refractivity contribution in [2.75, 3.05) is 39.4 Å². The summed E-state index contributed by atoms with van der Waals surface area (Å²) in [5.41, 5.74) is -0.149. The quantitative estimate of drug-likeness (QED) is 0.772. The molecule has 1 saturated carbocycles. The third-order valence-corrected chi connectivity index (χ3v) is 3.92. The molecule has 2 fully saturated rings. The van der Waals surface area contributed by atoms with E-state index in [2.05, 4.69) is 5.32 Å². The van der Waals surface area contributed by atoms with Crippen LogP contribution in [-0.4, -0.2) is 56.5 Å². The van der Waals surface area contributed by atoms with Crippen LogP contribution >= 0.6 is 0 Å². The number of ether oxygens (including phenoxy) is 1. The highest BCUT2D eigenvalue weighted by Gasteiger charge is 2.43. The fourth-order valence-electron chi connectivity index (χ4n) is 2.77. The first-order chi connectivity index (χ1) is 8.94. The van der Waals surface area contributed by atoms with E-state index in [-0.39, 0.29) is 11.5 Å². The van der Waals surface area contributed by atoms with Crippen LogP contribution in [0.2, 0.25) is 0 Å². The van der Waals surface area contributed by atoms with E-state index in [4.69, 9.17) is 4.74 Å². The Hall–Kier alpha value is -0.330. The monoisotopic (exact) mass is 280 g/mol. The van der Waals surface area contributed by atoms with Crippen LogP contribution in [0.3, 0.4) is 0 Å². The summed E-state index contributed by atoms with van der Waals surface area (Å²) < 4.78 is 43.4. The molecule has 112 valence electrons. The maximum Gasteiger partial charge on any atom is 0.401 e. The van der Waals surface area contributed by atoms with E-state index in [1.165, 1.54) is 0 Å². The van der Waals surface area contributed by atoms with Crippen molar-refractivity contribution < 1.29 is 17.9 Å². The second kappa shape index (κ2) is 5.97. The summed E-state index contributed by atoms with van der Waals surface area (Å²) >= 11 is 0. The Bertz CT molecular complexity index is 286. The Morgan fingerprint density at radius 2 is 2.11 bits per heavy atom. The number of rotatable bonds is 7. The van der Waals surface area contributed by atoms with Gasteiger partial charge >= 0.3 is 6.18 Å². The van der Waals surface area contributed by atoms with E-state index < -0.39 is 12.7 Å². The van der Waals surface area contributed by atoms with Crippen molar-refractivity contribution in [1.29, 1.82) is 0 Å². The minimum atomic E-state index is -4.11. The van der Waals surface area contributed by atoms with Gasteiger partial charge in [-0.2, -0.15) is 13.2 Å². The smallest absolute Gasteiger partial charge is 0.381 e. The zero-order chi connectivity index (χ0) is 13.9. The van der Waals surface area contributed by atoms with Crippen LogP contribution in [0.25, 0.3) is 0 Å². The van der Waals surface area contributed by atoms with Gasteiger partial charge in [-0.3, -0.25) is 4.90 Å². The first-order valence-electron chi connectivity index (χ1n) is 7.03. The Morgan fingerprint density at radius 3 is 2.58 bits per heavy atom. The molecule has 0 amide bonds. The van der Waals surface area contributed by atoms with E-state index in [1.807, 2.05) is 6.92 Å². The van der Waals surface area contributed by atoms with E-state index in [0.29, 0.717) is 19.8 Å². The molecule has 3 nitrogen and oxygen atoms in total. The van der Waals surface area contributed by atoms with Crippen molar-refractivity contribution in [2.45, 2.75) is 38.4 Å². The first-order valence-corrected chi connectivity index (χ1v) is 7.03. The number of alkyl halides is 3. The zero-order valence-corrected chi connectivity index (χ0v) is 11.4. The number of hydrogen-bond donors (Lipinski definition) is 1. The van der Waals surface area contributed by atoms with Gasteiger partial charge in [-0.1, -0.05) is 6.92 Å². The fourth-order valence-corrected chi connectivity index (χ4v) is 2.77. The summed E-state index contributed by atoms with van der Waals surface area (Å²) in [7, 11) is 0. The van der Waals surface area contributed by atoms with E-state index in [9.17, 15) is 13.2 Å².